The highest BCUT2D eigenvalue weighted by Crippen LogP contribution is 2.27. The molecule has 1 aliphatic rings. The molecule has 4 nitrogen and oxygen atoms in total. The third-order valence-electron chi connectivity index (χ3n) is 3.29. The van der Waals surface area contributed by atoms with Crippen LogP contribution in [0.4, 0.5) is 0 Å². The first kappa shape index (κ1) is 19.8. The lowest BCUT2D eigenvalue weighted by atomic mass is 10.1. The van der Waals surface area contributed by atoms with E-state index in [-0.39, 0.29) is 30.5 Å². The Balaban J connectivity index is 0.00000242. The van der Waals surface area contributed by atoms with Crippen LogP contribution in [0, 0.1) is 5.92 Å². The highest BCUT2D eigenvalue weighted by atomic mass is 127. The van der Waals surface area contributed by atoms with E-state index in [4.69, 9.17) is 23.2 Å². The largest absolute Gasteiger partial charge is 0.386 e. The van der Waals surface area contributed by atoms with Gasteiger partial charge in [0.2, 0.25) is 0 Å². The van der Waals surface area contributed by atoms with Gasteiger partial charge in [0.15, 0.2) is 5.96 Å². The van der Waals surface area contributed by atoms with Crippen LogP contribution in [0.3, 0.4) is 0 Å². The van der Waals surface area contributed by atoms with Gasteiger partial charge in [-0.25, -0.2) is 0 Å². The normalized spacial score (nSPS) is 15.9. The molecule has 0 spiro atoms. The number of hydrogen-bond donors (Lipinski definition) is 3. The Labute approximate surface area is 158 Å². The first-order valence-corrected chi connectivity index (χ1v) is 8.00. The molecule has 0 saturated heterocycles. The van der Waals surface area contributed by atoms with E-state index in [2.05, 4.69) is 15.6 Å². The molecule has 7 heteroatoms. The molecule has 2 rings (SSSR count). The molecule has 0 bridgehead atoms. The molecule has 1 saturated carbocycles. The quantitative estimate of drug-likeness (QED) is 0.347. The number of benzene rings is 1. The van der Waals surface area contributed by atoms with E-state index in [9.17, 15) is 5.11 Å². The van der Waals surface area contributed by atoms with Crippen molar-refractivity contribution in [1.29, 1.82) is 0 Å². The zero-order valence-corrected chi connectivity index (χ0v) is 16.3. The van der Waals surface area contributed by atoms with Crippen LogP contribution in [-0.2, 0) is 0 Å². The molecule has 1 aromatic rings. The van der Waals surface area contributed by atoms with Crippen molar-refractivity contribution in [1.82, 2.24) is 10.6 Å². The minimum atomic E-state index is -0.724. The zero-order chi connectivity index (χ0) is 15.2. The van der Waals surface area contributed by atoms with Crippen LogP contribution in [-0.4, -0.2) is 30.7 Å². The molecule has 0 heterocycles. The van der Waals surface area contributed by atoms with Gasteiger partial charge in [-0.15, -0.1) is 24.0 Å². The number of nitrogens with one attached hydrogen (secondary N) is 2. The van der Waals surface area contributed by atoms with Crippen molar-refractivity contribution in [3.8, 4) is 0 Å². The molecular weight excluding hydrogens is 436 g/mol. The number of aliphatic hydroxyl groups excluding tert-OH is 1. The Morgan fingerprint density at radius 3 is 2.45 bits per heavy atom. The van der Waals surface area contributed by atoms with Crippen LogP contribution >= 0.6 is 47.2 Å². The SMILES string of the molecule is CCNC(=NCC(O)c1cc(Cl)cc(Cl)c1)NCC1CC1.I. The monoisotopic (exact) mass is 457 g/mol. The lowest BCUT2D eigenvalue weighted by Crippen LogP contribution is -2.38. The topological polar surface area (TPSA) is 56.7 Å². The third-order valence-corrected chi connectivity index (χ3v) is 3.73. The number of hydrogen-bond acceptors (Lipinski definition) is 2. The maximum atomic E-state index is 10.2. The minimum absolute atomic E-state index is 0. The van der Waals surface area contributed by atoms with Crippen molar-refractivity contribution in [3.05, 3.63) is 33.8 Å². The molecule has 1 fully saturated rings. The second-order valence-corrected chi connectivity index (χ2v) is 6.14. The summed E-state index contributed by atoms with van der Waals surface area (Å²) in [6.07, 6.45) is 1.85. The number of rotatable bonds is 6. The van der Waals surface area contributed by atoms with E-state index < -0.39 is 6.10 Å². The molecule has 0 aromatic heterocycles. The van der Waals surface area contributed by atoms with Crippen LogP contribution in [0.5, 0.6) is 0 Å². The van der Waals surface area contributed by atoms with Gasteiger partial charge in [-0.05, 0) is 49.4 Å². The number of aliphatic imine (C=N–C) groups is 1. The number of guanidine groups is 1. The summed E-state index contributed by atoms with van der Waals surface area (Å²) in [6, 6.07) is 5.06. The van der Waals surface area contributed by atoms with Crippen molar-refractivity contribution in [2.75, 3.05) is 19.6 Å². The van der Waals surface area contributed by atoms with E-state index in [0.717, 1.165) is 25.0 Å². The lowest BCUT2D eigenvalue weighted by molar-refractivity contribution is 0.187. The van der Waals surface area contributed by atoms with Crippen LogP contribution in [0.1, 0.15) is 31.4 Å². The van der Waals surface area contributed by atoms with Gasteiger partial charge in [0.1, 0.15) is 0 Å². The molecule has 0 radical (unpaired) electrons. The lowest BCUT2D eigenvalue weighted by Gasteiger charge is -2.13. The molecule has 3 N–H and O–H groups in total. The maximum absolute atomic E-state index is 10.2. The van der Waals surface area contributed by atoms with Crippen molar-refractivity contribution < 1.29 is 5.11 Å². The first-order valence-electron chi connectivity index (χ1n) is 7.24. The Kier molecular flexibility index (Phi) is 8.82. The van der Waals surface area contributed by atoms with Crippen LogP contribution in [0.15, 0.2) is 23.2 Å². The van der Waals surface area contributed by atoms with Crippen molar-refractivity contribution in [3.63, 3.8) is 0 Å². The molecule has 1 aromatic carbocycles. The van der Waals surface area contributed by atoms with Crippen LogP contribution in [0.25, 0.3) is 0 Å². The van der Waals surface area contributed by atoms with Crippen molar-refractivity contribution in [2.45, 2.75) is 25.9 Å². The molecule has 0 amide bonds. The van der Waals surface area contributed by atoms with Gasteiger partial charge in [-0.3, -0.25) is 4.99 Å². The van der Waals surface area contributed by atoms with E-state index in [1.807, 2.05) is 6.92 Å². The van der Waals surface area contributed by atoms with Crippen molar-refractivity contribution in [2.24, 2.45) is 10.9 Å². The molecule has 22 heavy (non-hydrogen) atoms. The maximum Gasteiger partial charge on any atom is 0.191 e. The molecule has 1 aliphatic carbocycles. The van der Waals surface area contributed by atoms with E-state index in [1.165, 1.54) is 12.8 Å². The fourth-order valence-corrected chi connectivity index (χ4v) is 2.50. The second kappa shape index (κ2) is 9.80. The summed E-state index contributed by atoms with van der Waals surface area (Å²) in [6.45, 7) is 4.00. The molecule has 1 atom stereocenters. The van der Waals surface area contributed by atoms with E-state index in [0.29, 0.717) is 15.6 Å². The summed E-state index contributed by atoms with van der Waals surface area (Å²) in [5.74, 6) is 1.50. The predicted octanol–water partition coefficient (Wildman–Crippen LogP) is 3.61. The summed E-state index contributed by atoms with van der Waals surface area (Å²) >= 11 is 11.9. The van der Waals surface area contributed by atoms with Gasteiger partial charge in [0.25, 0.3) is 0 Å². The van der Waals surface area contributed by atoms with Gasteiger partial charge in [-0.1, -0.05) is 23.2 Å². The molecule has 0 aliphatic heterocycles. The smallest absolute Gasteiger partial charge is 0.191 e. The summed E-state index contributed by atoms with van der Waals surface area (Å²) in [7, 11) is 0. The van der Waals surface area contributed by atoms with E-state index >= 15 is 0 Å². The van der Waals surface area contributed by atoms with Gasteiger partial charge in [0, 0.05) is 23.1 Å². The average molecular weight is 458 g/mol. The molecule has 1 unspecified atom stereocenters. The Morgan fingerprint density at radius 1 is 1.27 bits per heavy atom. The van der Waals surface area contributed by atoms with E-state index in [1.54, 1.807) is 18.2 Å². The first-order chi connectivity index (χ1) is 10.1. The summed E-state index contributed by atoms with van der Waals surface area (Å²) in [4.78, 5) is 4.41. The average Bonchev–Trinajstić information content (AvgIpc) is 3.24. The fourth-order valence-electron chi connectivity index (χ4n) is 1.96. The summed E-state index contributed by atoms with van der Waals surface area (Å²) in [5.41, 5.74) is 0.675. The number of aliphatic hydroxyl groups is 1. The number of nitrogens with zero attached hydrogens (tertiary/aromatic N) is 1. The minimum Gasteiger partial charge on any atom is -0.386 e. The number of halogens is 3. The van der Waals surface area contributed by atoms with Crippen LogP contribution < -0.4 is 10.6 Å². The van der Waals surface area contributed by atoms with Gasteiger partial charge in [0.05, 0.1) is 12.6 Å². The zero-order valence-electron chi connectivity index (χ0n) is 12.5. The third kappa shape index (κ3) is 6.89. The fraction of sp³-hybridized carbons (Fsp3) is 0.533. The highest BCUT2D eigenvalue weighted by Gasteiger charge is 2.21. The Bertz CT molecular complexity index is 489. The Hall–Kier alpha value is -0.240. The second-order valence-electron chi connectivity index (χ2n) is 5.26. The standard InChI is InChI=1S/C15H21Cl2N3O.HI/c1-2-18-15(19-8-10-3-4-10)20-9-14(21)11-5-12(16)7-13(17)6-11;/h5-7,10,14,21H,2-4,8-9H2,1H3,(H2,18,19,20);1H. The predicted molar refractivity (Wildman–Crippen MR) is 104 cm³/mol. The van der Waals surface area contributed by atoms with Gasteiger partial charge >= 0.3 is 0 Å². The van der Waals surface area contributed by atoms with Crippen LogP contribution in [0.2, 0.25) is 10.0 Å². The summed E-state index contributed by atoms with van der Waals surface area (Å²) < 4.78 is 0. The van der Waals surface area contributed by atoms with Gasteiger partial charge in [-0.2, -0.15) is 0 Å². The summed E-state index contributed by atoms with van der Waals surface area (Å²) in [5, 5.41) is 17.7. The van der Waals surface area contributed by atoms with Crippen molar-refractivity contribution >= 4 is 53.1 Å². The molecule has 124 valence electrons. The Morgan fingerprint density at radius 2 is 1.91 bits per heavy atom. The highest BCUT2D eigenvalue weighted by molar-refractivity contribution is 14.0. The molecular formula is C15H22Cl2IN3O. The van der Waals surface area contributed by atoms with Gasteiger partial charge < -0.3 is 15.7 Å².